The number of hydrogen-bond donors (Lipinski definition) is 1. The number of benzene rings is 1. The average molecular weight is 444 g/mol. The predicted molar refractivity (Wildman–Crippen MR) is 118 cm³/mol. The number of nitriles is 1. The number of rotatable bonds is 5. The number of aromatic nitrogens is 3. The largest absolute Gasteiger partial charge is 0.453 e. The second kappa shape index (κ2) is 9.15. The maximum atomic E-state index is 13.3. The van der Waals surface area contributed by atoms with Crippen molar-refractivity contribution in [2.45, 2.75) is 0 Å². The molecule has 3 aromatic heterocycles. The fraction of sp³-hybridized carbons (Fsp3) is 0.0870. The van der Waals surface area contributed by atoms with E-state index in [0.717, 1.165) is 0 Å². The number of nitrogens with zero attached hydrogens (tertiary/aromatic N) is 5. The Bertz CT molecular complexity index is 1360. The van der Waals surface area contributed by atoms with Crippen molar-refractivity contribution in [2.24, 2.45) is 0 Å². The van der Waals surface area contributed by atoms with Crippen molar-refractivity contribution in [3.63, 3.8) is 0 Å². The van der Waals surface area contributed by atoms with Gasteiger partial charge < -0.3 is 4.74 Å². The molecule has 1 N–H and O–H groups in total. The van der Waals surface area contributed by atoms with Gasteiger partial charge in [0.1, 0.15) is 23.8 Å². The molecule has 0 spiro atoms. The second-order valence-corrected chi connectivity index (χ2v) is 6.86. The summed E-state index contributed by atoms with van der Waals surface area (Å²) in [5.41, 5.74) is 2.75. The first-order chi connectivity index (χ1) is 16.0. The lowest BCUT2D eigenvalue weighted by atomic mass is 10.2. The summed E-state index contributed by atoms with van der Waals surface area (Å²) in [5.74, 6) is -0.563. The molecule has 0 atom stereocenters. The molecule has 10 heteroatoms. The minimum Gasteiger partial charge on any atom is -0.453 e. The molecule has 3 heterocycles. The average Bonchev–Trinajstić information content (AvgIpc) is 3.26. The van der Waals surface area contributed by atoms with E-state index in [4.69, 9.17) is 0 Å². The van der Waals surface area contributed by atoms with Crippen molar-refractivity contribution in [3.05, 3.63) is 78.5 Å². The van der Waals surface area contributed by atoms with Crippen molar-refractivity contribution in [1.29, 1.82) is 5.26 Å². The summed E-state index contributed by atoms with van der Waals surface area (Å²) in [6, 6.07) is 13.9. The molecule has 4 aromatic rings. The lowest BCUT2D eigenvalue weighted by Crippen LogP contribution is -2.31. The number of anilines is 2. The normalized spacial score (nSPS) is 10.5. The number of methoxy groups -OCH3 is 1. The molecule has 33 heavy (non-hydrogen) atoms. The van der Waals surface area contributed by atoms with Gasteiger partial charge in [0.05, 0.1) is 30.8 Å². The van der Waals surface area contributed by atoms with E-state index in [1.807, 2.05) is 6.07 Å². The van der Waals surface area contributed by atoms with Crippen LogP contribution in [0.25, 0.3) is 16.9 Å². The molecule has 0 bridgehead atoms. The third-order valence-corrected chi connectivity index (χ3v) is 4.84. The van der Waals surface area contributed by atoms with Crippen LogP contribution in [0.5, 0.6) is 0 Å². The lowest BCUT2D eigenvalue weighted by molar-refractivity contribution is 0.0990. The number of imidazole rings is 1. The second-order valence-electron chi connectivity index (χ2n) is 6.86. The van der Waals surface area contributed by atoms with E-state index >= 15 is 0 Å². The van der Waals surface area contributed by atoms with E-state index < -0.39 is 17.8 Å². The van der Waals surface area contributed by atoms with Gasteiger partial charge in [0.15, 0.2) is 0 Å². The highest BCUT2D eigenvalue weighted by atomic mass is 19.1. The van der Waals surface area contributed by atoms with Gasteiger partial charge in [-0.15, -0.1) is 0 Å². The Kier molecular flexibility index (Phi) is 5.95. The van der Waals surface area contributed by atoms with Crippen molar-refractivity contribution in [2.75, 3.05) is 23.9 Å². The summed E-state index contributed by atoms with van der Waals surface area (Å²) in [6.45, 7) is -0.193. The Balaban J connectivity index is 1.69. The highest BCUT2D eigenvalue weighted by Gasteiger charge is 2.19. The molecule has 0 aliphatic heterocycles. The molecule has 0 fully saturated rings. The quantitative estimate of drug-likeness (QED) is 0.468. The van der Waals surface area contributed by atoms with Crippen LogP contribution in [0.2, 0.25) is 0 Å². The number of carbonyl (C=O) groups excluding carboxylic acids is 2. The first-order valence-electron chi connectivity index (χ1n) is 9.73. The molecule has 0 saturated heterocycles. The lowest BCUT2D eigenvalue weighted by Gasteiger charge is -2.20. The number of halogens is 1. The van der Waals surface area contributed by atoms with Gasteiger partial charge in [-0.1, -0.05) is 0 Å². The molecule has 1 aromatic carbocycles. The molecular weight excluding hydrogens is 427 g/mol. The van der Waals surface area contributed by atoms with E-state index in [0.29, 0.717) is 28.4 Å². The fourth-order valence-electron chi connectivity index (χ4n) is 3.22. The number of carbonyl (C=O) groups is 2. The van der Waals surface area contributed by atoms with Crippen LogP contribution in [0.1, 0.15) is 10.4 Å². The molecular formula is C23H17FN6O3. The zero-order valence-electron chi connectivity index (χ0n) is 17.4. The van der Waals surface area contributed by atoms with E-state index in [2.05, 4.69) is 20.0 Å². The molecule has 0 radical (unpaired) electrons. The molecule has 164 valence electrons. The van der Waals surface area contributed by atoms with Crippen LogP contribution in [0.3, 0.4) is 0 Å². The number of amides is 2. The number of hydrogen-bond acceptors (Lipinski definition) is 6. The first-order valence-corrected chi connectivity index (χ1v) is 9.73. The van der Waals surface area contributed by atoms with Gasteiger partial charge in [0, 0.05) is 23.5 Å². The molecule has 4 rings (SSSR count). The smallest absolute Gasteiger partial charge is 0.412 e. The van der Waals surface area contributed by atoms with E-state index in [-0.39, 0.29) is 12.1 Å². The Morgan fingerprint density at radius 3 is 2.58 bits per heavy atom. The van der Waals surface area contributed by atoms with Crippen LogP contribution in [-0.4, -0.2) is 40.0 Å². The fourth-order valence-corrected chi connectivity index (χ4v) is 3.22. The summed E-state index contributed by atoms with van der Waals surface area (Å²) in [7, 11) is 1.26. The van der Waals surface area contributed by atoms with Crippen LogP contribution in [0.4, 0.5) is 20.7 Å². The van der Waals surface area contributed by atoms with Gasteiger partial charge in [-0.2, -0.15) is 5.26 Å². The summed E-state index contributed by atoms with van der Waals surface area (Å²) in [6.07, 6.45) is 4.29. The molecule has 0 aliphatic rings. The van der Waals surface area contributed by atoms with Crippen molar-refractivity contribution >= 4 is 29.2 Å². The summed E-state index contributed by atoms with van der Waals surface area (Å²) < 4.78 is 19.6. The Labute approximate surface area is 187 Å². The first kappa shape index (κ1) is 21.5. The predicted octanol–water partition coefficient (Wildman–Crippen LogP) is 3.88. The summed E-state index contributed by atoms with van der Waals surface area (Å²) in [5, 5.41) is 11.8. The SMILES string of the molecule is COC(=O)Nc1ccc(-c2cnc3ccc(N(CC#N)C(=O)c4ccc(F)cc4)cn23)cn1. The van der Waals surface area contributed by atoms with Crippen molar-refractivity contribution in [3.8, 4) is 17.3 Å². The highest BCUT2D eigenvalue weighted by molar-refractivity contribution is 6.06. The zero-order valence-corrected chi connectivity index (χ0v) is 17.4. The van der Waals surface area contributed by atoms with E-state index in [9.17, 15) is 19.2 Å². The molecule has 9 nitrogen and oxygen atoms in total. The van der Waals surface area contributed by atoms with Crippen LogP contribution in [-0.2, 0) is 4.74 Å². The number of fused-ring (bicyclic) bond motifs is 1. The molecule has 0 saturated carbocycles. The summed E-state index contributed by atoms with van der Waals surface area (Å²) >= 11 is 0. The molecule has 0 aliphatic carbocycles. The minimum absolute atomic E-state index is 0.193. The standard InChI is InChI=1S/C23H17FN6O3/c1-33-23(32)28-20-8-4-16(12-26-20)19-13-27-21-9-7-18(14-30(19)21)29(11-10-25)22(31)15-2-5-17(24)6-3-15/h2-9,12-14H,11H2,1H3,(H,26,28,32). The Morgan fingerprint density at radius 2 is 1.91 bits per heavy atom. The zero-order chi connectivity index (χ0) is 23.4. The van der Waals surface area contributed by atoms with Crippen LogP contribution in [0, 0.1) is 17.1 Å². The van der Waals surface area contributed by atoms with Crippen LogP contribution < -0.4 is 10.2 Å². The van der Waals surface area contributed by atoms with Crippen LogP contribution in [0.15, 0.2) is 67.1 Å². The Hall–Kier alpha value is -4.78. The molecule has 2 amide bonds. The number of ether oxygens (including phenoxy) is 1. The van der Waals surface area contributed by atoms with Gasteiger partial charge >= 0.3 is 6.09 Å². The van der Waals surface area contributed by atoms with Gasteiger partial charge in [0.25, 0.3) is 5.91 Å². The topological polar surface area (TPSA) is 113 Å². The molecule has 0 unspecified atom stereocenters. The van der Waals surface area contributed by atoms with E-state index in [1.165, 1.54) is 36.3 Å². The number of nitrogens with one attached hydrogen (secondary N) is 1. The highest BCUT2D eigenvalue weighted by Crippen LogP contribution is 2.25. The van der Waals surface area contributed by atoms with Gasteiger partial charge in [0.2, 0.25) is 0 Å². The third kappa shape index (κ3) is 4.47. The maximum Gasteiger partial charge on any atom is 0.412 e. The van der Waals surface area contributed by atoms with Crippen molar-refractivity contribution < 1.29 is 18.7 Å². The van der Waals surface area contributed by atoms with E-state index in [1.54, 1.807) is 47.3 Å². The number of pyridine rings is 2. The van der Waals surface area contributed by atoms with Crippen LogP contribution >= 0.6 is 0 Å². The summed E-state index contributed by atoms with van der Waals surface area (Å²) in [4.78, 5) is 34.2. The maximum absolute atomic E-state index is 13.3. The van der Waals surface area contributed by atoms with Crippen molar-refractivity contribution in [1.82, 2.24) is 14.4 Å². The monoisotopic (exact) mass is 444 g/mol. The minimum atomic E-state index is -0.627. The van der Waals surface area contributed by atoms with Gasteiger partial charge in [-0.3, -0.25) is 19.4 Å². The van der Waals surface area contributed by atoms with Gasteiger partial charge in [-0.25, -0.2) is 19.2 Å². The third-order valence-electron chi connectivity index (χ3n) is 4.84. The Morgan fingerprint density at radius 1 is 1.12 bits per heavy atom. The van der Waals surface area contributed by atoms with Gasteiger partial charge in [-0.05, 0) is 48.5 Å².